The fourth-order valence-corrected chi connectivity index (χ4v) is 9.98. The highest BCUT2D eigenvalue weighted by atomic mass is 35.5. The molecule has 0 aliphatic carbocycles. The average Bonchev–Trinajstić information content (AvgIpc) is 4.01. The van der Waals surface area contributed by atoms with Crippen molar-refractivity contribution in [3.63, 3.8) is 0 Å². The second-order valence-electron chi connectivity index (χ2n) is 19.4. The van der Waals surface area contributed by atoms with Crippen molar-refractivity contribution in [3.8, 4) is 0 Å². The SMILES string of the molecule is Cc1c(C(O)CN2CCN(C(=O)O)C(C(C)(C)C)C2)ccc2c1COC2=O.Cc1c(C(O)CN2CCNCC2)ccc2c1COC2=O.Cc1c(C(O)CN2CCNCC2)ccc2c1COC2=O.Cl. The Morgan fingerprint density at radius 1 is 0.588 bits per heavy atom. The van der Waals surface area contributed by atoms with Crippen LogP contribution in [0.2, 0.25) is 0 Å². The molecule has 6 aliphatic rings. The summed E-state index contributed by atoms with van der Waals surface area (Å²) in [5.74, 6) is -0.829. The number of halogens is 1. The molecule has 0 aromatic heterocycles. The molecule has 0 radical (unpaired) electrons. The smallest absolute Gasteiger partial charge is 0.407 e. The highest BCUT2D eigenvalue weighted by Gasteiger charge is 2.39. The summed E-state index contributed by atoms with van der Waals surface area (Å²) in [7, 11) is 0. The lowest BCUT2D eigenvalue weighted by molar-refractivity contribution is 0.00488. The van der Waals surface area contributed by atoms with Crippen LogP contribution in [0, 0.1) is 26.2 Å². The molecular weight excluding hydrogens is 896 g/mol. The summed E-state index contributed by atoms with van der Waals surface area (Å²) in [5, 5.41) is 47.8. The Bertz CT molecular complexity index is 2220. The van der Waals surface area contributed by atoms with E-state index in [2.05, 4.69) is 25.3 Å². The van der Waals surface area contributed by atoms with Crippen molar-refractivity contribution in [1.29, 1.82) is 0 Å². The maximum atomic E-state index is 11.7. The van der Waals surface area contributed by atoms with Crippen LogP contribution in [-0.4, -0.2) is 162 Å². The highest BCUT2D eigenvalue weighted by molar-refractivity contribution is 5.95. The van der Waals surface area contributed by atoms with Crippen molar-refractivity contribution < 1.29 is 53.8 Å². The fraction of sp³-hybridized carbons (Fsp3) is 0.560. The van der Waals surface area contributed by atoms with Gasteiger partial charge in [0, 0.05) is 108 Å². The predicted octanol–water partition coefficient (Wildman–Crippen LogP) is 4.04. The van der Waals surface area contributed by atoms with Crippen molar-refractivity contribution >= 4 is 36.4 Å². The third-order valence-electron chi connectivity index (χ3n) is 14.1. The number of piperazine rings is 3. The van der Waals surface area contributed by atoms with Crippen molar-refractivity contribution in [1.82, 2.24) is 30.2 Å². The maximum Gasteiger partial charge on any atom is 0.407 e. The van der Waals surface area contributed by atoms with Gasteiger partial charge in [-0.1, -0.05) is 39.0 Å². The lowest BCUT2D eigenvalue weighted by Crippen LogP contribution is -2.59. The molecule has 4 atom stereocenters. The molecule has 1 amide bonds. The van der Waals surface area contributed by atoms with E-state index in [1.807, 2.05) is 53.7 Å². The lowest BCUT2D eigenvalue weighted by Gasteiger charge is -2.46. The Morgan fingerprint density at radius 3 is 1.25 bits per heavy atom. The monoisotopic (exact) mass is 964 g/mol. The number of carbonyl (C=O) groups is 4. The third kappa shape index (κ3) is 12.0. The normalized spacial score (nSPS) is 20.8. The van der Waals surface area contributed by atoms with Crippen LogP contribution in [0.5, 0.6) is 0 Å². The number of fused-ring (bicyclic) bond motifs is 3. The van der Waals surface area contributed by atoms with Gasteiger partial charge in [-0.3, -0.25) is 14.7 Å². The summed E-state index contributed by atoms with van der Waals surface area (Å²) in [6.45, 7) is 23.8. The zero-order valence-corrected chi connectivity index (χ0v) is 41.0. The van der Waals surface area contributed by atoms with Crippen LogP contribution in [0.3, 0.4) is 0 Å². The molecule has 17 nitrogen and oxygen atoms in total. The Kier molecular flexibility index (Phi) is 17.7. The molecular formula is C50H69ClN6O11. The van der Waals surface area contributed by atoms with Gasteiger partial charge in [0.2, 0.25) is 0 Å². The van der Waals surface area contributed by atoms with E-state index in [1.165, 1.54) is 4.90 Å². The van der Waals surface area contributed by atoms with Crippen molar-refractivity contribution in [2.24, 2.45) is 5.41 Å². The fourth-order valence-electron chi connectivity index (χ4n) is 9.98. The van der Waals surface area contributed by atoms with Crippen LogP contribution in [0.4, 0.5) is 4.79 Å². The van der Waals surface area contributed by atoms with E-state index in [4.69, 9.17) is 14.2 Å². The second kappa shape index (κ2) is 22.8. The summed E-state index contributed by atoms with van der Waals surface area (Å²) in [4.78, 5) is 54.4. The van der Waals surface area contributed by atoms with Gasteiger partial charge < -0.3 is 50.2 Å². The van der Waals surface area contributed by atoms with E-state index in [0.717, 1.165) is 102 Å². The van der Waals surface area contributed by atoms with Gasteiger partial charge in [0.1, 0.15) is 19.8 Å². The standard InChI is InChI=1S/C20H28N2O5.2C15H20N2O3.ClH/c1-12-13(5-6-14-15(12)11-27-18(14)24)16(23)9-21-7-8-22(19(25)26)17(10-21)20(2,3)4;2*1-10-11(2-3-12-13(10)9-20-15(12)19)14(18)8-17-6-4-16-5-7-17;/h5-6,16-17,23H,7-11H2,1-4H3,(H,25,26);2*2-3,14,16,18H,4-9H2,1H3;1H. The molecule has 18 heteroatoms. The van der Waals surface area contributed by atoms with E-state index < -0.39 is 24.4 Å². The zero-order chi connectivity index (χ0) is 48.2. The first-order chi connectivity index (χ1) is 31.9. The molecule has 0 spiro atoms. The van der Waals surface area contributed by atoms with Gasteiger partial charge in [0.15, 0.2) is 0 Å². The van der Waals surface area contributed by atoms with Crippen molar-refractivity contribution in [2.45, 2.75) is 85.7 Å². The molecule has 4 unspecified atom stereocenters. The van der Waals surface area contributed by atoms with Gasteiger partial charge >= 0.3 is 24.0 Å². The molecule has 9 rings (SSSR count). The van der Waals surface area contributed by atoms with Crippen LogP contribution >= 0.6 is 12.4 Å². The largest absolute Gasteiger partial charge is 0.465 e. The molecule has 3 fully saturated rings. The van der Waals surface area contributed by atoms with Crippen LogP contribution in [0.15, 0.2) is 36.4 Å². The number of hydrogen-bond donors (Lipinski definition) is 6. The van der Waals surface area contributed by atoms with Crippen LogP contribution < -0.4 is 10.6 Å². The maximum absolute atomic E-state index is 11.7. The minimum atomic E-state index is -0.894. The topological polar surface area (TPSA) is 214 Å². The molecule has 6 heterocycles. The van der Waals surface area contributed by atoms with Gasteiger partial charge in [-0.2, -0.15) is 0 Å². The number of β-amino-alcohol motifs (C(OH)–C–C–N with tert-alkyl or cyclic N) is 3. The number of cyclic esters (lactones) is 3. The Morgan fingerprint density at radius 2 is 0.926 bits per heavy atom. The number of rotatable bonds is 9. The molecule has 6 aliphatic heterocycles. The number of esters is 3. The highest BCUT2D eigenvalue weighted by Crippen LogP contribution is 2.33. The van der Waals surface area contributed by atoms with Gasteiger partial charge in [0.25, 0.3) is 0 Å². The van der Waals surface area contributed by atoms with E-state index in [0.29, 0.717) is 69.2 Å². The van der Waals surface area contributed by atoms with Gasteiger partial charge in [-0.15, -0.1) is 12.4 Å². The number of aliphatic hydroxyl groups excluding tert-OH is 3. The molecule has 372 valence electrons. The van der Waals surface area contributed by atoms with Gasteiger partial charge in [-0.05, 0) is 77.8 Å². The molecule has 6 N–H and O–H groups in total. The molecule has 3 aromatic rings. The first-order valence-electron chi connectivity index (χ1n) is 23.4. The quantitative estimate of drug-likeness (QED) is 0.132. The molecule has 68 heavy (non-hydrogen) atoms. The number of nitrogens with zero attached hydrogens (tertiary/aromatic N) is 4. The first kappa shape index (κ1) is 52.7. The number of carboxylic acid groups (broad SMARTS) is 1. The summed E-state index contributed by atoms with van der Waals surface area (Å²) in [6, 6.07) is 10.6. The number of ether oxygens (including phenoxy) is 3. The number of aliphatic hydroxyl groups is 3. The number of hydrogen-bond acceptors (Lipinski definition) is 15. The molecule has 0 bridgehead atoms. The Hall–Kier alpha value is -4.69. The number of carbonyl (C=O) groups excluding carboxylic acids is 3. The molecule has 0 saturated carbocycles. The second-order valence-corrected chi connectivity index (χ2v) is 19.4. The molecule has 3 saturated heterocycles. The lowest BCUT2D eigenvalue weighted by atomic mass is 9.84. The summed E-state index contributed by atoms with van der Waals surface area (Å²) in [6.07, 6.45) is -2.64. The van der Waals surface area contributed by atoms with Crippen molar-refractivity contribution in [3.05, 3.63) is 103 Å². The predicted molar refractivity (Wildman–Crippen MR) is 256 cm³/mol. The van der Waals surface area contributed by atoms with Gasteiger partial charge in [-0.25, -0.2) is 19.2 Å². The summed E-state index contributed by atoms with van der Waals surface area (Å²) < 4.78 is 15.2. The minimum absolute atomic E-state index is 0. The molecule has 3 aromatic carbocycles. The summed E-state index contributed by atoms with van der Waals surface area (Å²) >= 11 is 0. The number of amides is 1. The minimum Gasteiger partial charge on any atom is -0.465 e. The Balaban J connectivity index is 0.000000169. The van der Waals surface area contributed by atoms with E-state index in [9.17, 15) is 39.6 Å². The summed E-state index contributed by atoms with van der Waals surface area (Å²) in [5.41, 5.74) is 9.81. The van der Waals surface area contributed by atoms with Gasteiger partial charge in [0.05, 0.1) is 41.0 Å². The van der Waals surface area contributed by atoms with E-state index in [-0.39, 0.29) is 48.4 Å². The van der Waals surface area contributed by atoms with E-state index >= 15 is 0 Å². The van der Waals surface area contributed by atoms with Crippen LogP contribution in [0.1, 0.15) is 120 Å². The van der Waals surface area contributed by atoms with Crippen LogP contribution in [0.25, 0.3) is 0 Å². The van der Waals surface area contributed by atoms with E-state index in [1.54, 1.807) is 24.3 Å². The third-order valence-corrected chi connectivity index (χ3v) is 14.1. The number of nitrogens with one attached hydrogen (secondary N) is 2. The average molecular weight is 966 g/mol. The number of benzene rings is 3. The Labute approximate surface area is 405 Å². The first-order valence-corrected chi connectivity index (χ1v) is 23.4. The zero-order valence-electron chi connectivity index (χ0n) is 40.1. The van der Waals surface area contributed by atoms with Crippen LogP contribution in [-0.2, 0) is 34.0 Å². The van der Waals surface area contributed by atoms with Crippen molar-refractivity contribution in [2.75, 3.05) is 91.6 Å².